The minimum atomic E-state index is 0.534. The number of nitrogens with zero attached hydrogens (tertiary/aromatic N) is 1. The Labute approximate surface area is 99.0 Å². The predicted octanol–water partition coefficient (Wildman–Crippen LogP) is 3.08. The number of nitrogens with one attached hydrogen (secondary N) is 1. The maximum absolute atomic E-state index is 3.69. The lowest BCUT2D eigenvalue weighted by Gasteiger charge is -2.35. The fraction of sp³-hybridized carbons (Fsp3) is 0.714. The van der Waals surface area contributed by atoms with Crippen molar-refractivity contribution < 1.29 is 0 Å². The maximum atomic E-state index is 3.69. The molecule has 0 radical (unpaired) electrons. The van der Waals surface area contributed by atoms with Gasteiger partial charge in [0.2, 0.25) is 0 Å². The van der Waals surface area contributed by atoms with Crippen molar-refractivity contribution >= 4 is 0 Å². The molecule has 1 fully saturated rings. The molecule has 1 N–H and O–H groups in total. The molecule has 1 aromatic rings. The highest BCUT2D eigenvalue weighted by Crippen LogP contribution is 2.35. The quantitative estimate of drug-likeness (QED) is 0.828. The first kappa shape index (κ1) is 11.7. The number of aromatic nitrogens is 1. The van der Waals surface area contributed by atoms with Crippen molar-refractivity contribution in [1.82, 2.24) is 9.88 Å². The van der Waals surface area contributed by atoms with Crippen LogP contribution in [0, 0.1) is 5.41 Å². The summed E-state index contributed by atoms with van der Waals surface area (Å²) in [6.07, 6.45) is 9.73. The van der Waals surface area contributed by atoms with Gasteiger partial charge < -0.3 is 9.88 Å². The minimum absolute atomic E-state index is 0.534. The Bertz CT molecular complexity index is 338. The smallest absolute Gasteiger partial charge is 0.0223 e. The Hall–Kier alpha value is -0.760. The van der Waals surface area contributed by atoms with Crippen LogP contribution in [0.5, 0.6) is 0 Å². The van der Waals surface area contributed by atoms with Gasteiger partial charge in [0.25, 0.3) is 0 Å². The van der Waals surface area contributed by atoms with Crippen LogP contribution in [0.15, 0.2) is 18.5 Å². The number of hydrogen-bond donors (Lipinski definition) is 1. The van der Waals surface area contributed by atoms with Crippen LogP contribution >= 0.6 is 0 Å². The van der Waals surface area contributed by atoms with Gasteiger partial charge in [-0.3, -0.25) is 0 Å². The monoisotopic (exact) mass is 220 g/mol. The van der Waals surface area contributed by atoms with Crippen LogP contribution in [0.3, 0.4) is 0 Å². The fourth-order valence-corrected chi connectivity index (χ4v) is 2.80. The molecule has 1 unspecified atom stereocenters. The van der Waals surface area contributed by atoms with E-state index in [2.05, 4.69) is 49.2 Å². The lowest BCUT2D eigenvalue weighted by molar-refractivity contribution is 0.198. The van der Waals surface area contributed by atoms with Gasteiger partial charge >= 0.3 is 0 Å². The summed E-state index contributed by atoms with van der Waals surface area (Å²) in [7, 11) is 2.08. The van der Waals surface area contributed by atoms with Gasteiger partial charge in [-0.25, -0.2) is 0 Å². The van der Waals surface area contributed by atoms with Crippen LogP contribution in [0.4, 0.5) is 0 Å². The molecule has 1 saturated carbocycles. The topological polar surface area (TPSA) is 17.0 Å². The first-order chi connectivity index (χ1) is 7.55. The SMILES string of the molecule is Cn1ccc(CNC2CCCC(C)(C)C2)c1. The molecule has 1 aliphatic rings. The number of rotatable bonds is 3. The molecule has 1 aromatic heterocycles. The van der Waals surface area contributed by atoms with E-state index in [-0.39, 0.29) is 0 Å². The largest absolute Gasteiger partial charge is 0.357 e. The van der Waals surface area contributed by atoms with Crippen LogP contribution in [-0.4, -0.2) is 10.6 Å². The van der Waals surface area contributed by atoms with Gasteiger partial charge in [-0.1, -0.05) is 20.3 Å². The summed E-state index contributed by atoms with van der Waals surface area (Å²) in [5, 5.41) is 3.69. The molecular weight excluding hydrogens is 196 g/mol. The van der Waals surface area contributed by atoms with Gasteiger partial charge in [0.05, 0.1) is 0 Å². The lowest BCUT2D eigenvalue weighted by Crippen LogP contribution is -2.36. The molecule has 1 atom stereocenters. The molecule has 1 heterocycles. The van der Waals surface area contributed by atoms with Gasteiger partial charge in [0, 0.05) is 32.0 Å². The fourth-order valence-electron chi connectivity index (χ4n) is 2.80. The summed E-state index contributed by atoms with van der Waals surface area (Å²) < 4.78 is 2.11. The van der Waals surface area contributed by atoms with Gasteiger partial charge in [-0.2, -0.15) is 0 Å². The van der Waals surface area contributed by atoms with E-state index in [1.807, 2.05) is 0 Å². The zero-order chi connectivity index (χ0) is 11.6. The third-order valence-corrected chi connectivity index (χ3v) is 3.69. The van der Waals surface area contributed by atoms with Gasteiger partial charge in [-0.05, 0) is 36.3 Å². The second-order valence-electron chi connectivity index (χ2n) is 6.02. The molecule has 2 heteroatoms. The molecule has 2 rings (SSSR count). The molecule has 0 amide bonds. The number of aryl methyl sites for hydroxylation is 1. The van der Waals surface area contributed by atoms with E-state index in [9.17, 15) is 0 Å². The van der Waals surface area contributed by atoms with E-state index in [0.29, 0.717) is 11.5 Å². The third kappa shape index (κ3) is 3.11. The van der Waals surface area contributed by atoms with Crippen molar-refractivity contribution in [2.45, 2.75) is 52.1 Å². The first-order valence-electron chi connectivity index (χ1n) is 6.39. The molecule has 0 saturated heterocycles. The van der Waals surface area contributed by atoms with E-state index in [0.717, 1.165) is 6.54 Å². The Morgan fingerprint density at radius 3 is 2.94 bits per heavy atom. The van der Waals surface area contributed by atoms with Crippen LogP contribution in [-0.2, 0) is 13.6 Å². The average molecular weight is 220 g/mol. The van der Waals surface area contributed by atoms with Crippen molar-refractivity contribution in [3.8, 4) is 0 Å². The molecule has 1 aliphatic carbocycles. The molecule has 2 nitrogen and oxygen atoms in total. The molecular formula is C14H24N2. The summed E-state index contributed by atoms with van der Waals surface area (Å²) in [6.45, 7) is 5.80. The van der Waals surface area contributed by atoms with E-state index in [1.165, 1.54) is 31.2 Å². The Morgan fingerprint density at radius 1 is 1.50 bits per heavy atom. The summed E-state index contributed by atoms with van der Waals surface area (Å²) in [6, 6.07) is 2.91. The highest BCUT2D eigenvalue weighted by atomic mass is 14.9. The third-order valence-electron chi connectivity index (χ3n) is 3.69. The van der Waals surface area contributed by atoms with Crippen LogP contribution < -0.4 is 5.32 Å². The molecule has 0 bridgehead atoms. The van der Waals surface area contributed by atoms with Gasteiger partial charge in [0.15, 0.2) is 0 Å². The Balaban J connectivity index is 1.82. The van der Waals surface area contributed by atoms with Crippen LogP contribution in [0.2, 0.25) is 0 Å². The summed E-state index contributed by atoms with van der Waals surface area (Å²) >= 11 is 0. The van der Waals surface area contributed by atoms with Crippen molar-refractivity contribution in [3.63, 3.8) is 0 Å². The molecule has 0 spiro atoms. The van der Waals surface area contributed by atoms with Crippen LogP contribution in [0.25, 0.3) is 0 Å². The highest BCUT2D eigenvalue weighted by molar-refractivity contribution is 5.09. The van der Waals surface area contributed by atoms with E-state index < -0.39 is 0 Å². The van der Waals surface area contributed by atoms with Crippen molar-refractivity contribution in [2.24, 2.45) is 12.5 Å². The normalized spacial score (nSPS) is 24.6. The van der Waals surface area contributed by atoms with Gasteiger partial charge in [0.1, 0.15) is 0 Å². The molecule has 16 heavy (non-hydrogen) atoms. The van der Waals surface area contributed by atoms with E-state index >= 15 is 0 Å². The molecule has 90 valence electrons. The van der Waals surface area contributed by atoms with Crippen LogP contribution in [0.1, 0.15) is 45.1 Å². The highest BCUT2D eigenvalue weighted by Gasteiger charge is 2.27. The van der Waals surface area contributed by atoms with Crippen molar-refractivity contribution in [3.05, 3.63) is 24.0 Å². The maximum Gasteiger partial charge on any atom is 0.0223 e. The Morgan fingerprint density at radius 2 is 2.31 bits per heavy atom. The lowest BCUT2D eigenvalue weighted by atomic mass is 9.75. The predicted molar refractivity (Wildman–Crippen MR) is 68.3 cm³/mol. The average Bonchev–Trinajstić information content (AvgIpc) is 2.60. The molecule has 0 aliphatic heterocycles. The second-order valence-corrected chi connectivity index (χ2v) is 6.02. The first-order valence-corrected chi connectivity index (χ1v) is 6.39. The zero-order valence-corrected chi connectivity index (χ0v) is 10.8. The summed E-state index contributed by atoms with van der Waals surface area (Å²) in [5.74, 6) is 0. The zero-order valence-electron chi connectivity index (χ0n) is 10.8. The number of hydrogen-bond acceptors (Lipinski definition) is 1. The standard InChI is InChI=1S/C14H24N2/c1-14(2)7-4-5-13(9-14)15-10-12-6-8-16(3)11-12/h6,8,11,13,15H,4-5,7,9-10H2,1-3H3. The summed E-state index contributed by atoms with van der Waals surface area (Å²) in [5.41, 5.74) is 1.93. The minimum Gasteiger partial charge on any atom is -0.357 e. The van der Waals surface area contributed by atoms with E-state index in [4.69, 9.17) is 0 Å². The summed E-state index contributed by atoms with van der Waals surface area (Å²) in [4.78, 5) is 0. The van der Waals surface area contributed by atoms with E-state index in [1.54, 1.807) is 0 Å². The van der Waals surface area contributed by atoms with Crippen molar-refractivity contribution in [2.75, 3.05) is 0 Å². The Kier molecular flexibility index (Phi) is 3.38. The van der Waals surface area contributed by atoms with Crippen molar-refractivity contribution in [1.29, 1.82) is 0 Å². The molecule has 0 aromatic carbocycles. The second kappa shape index (κ2) is 4.62. The van der Waals surface area contributed by atoms with Gasteiger partial charge in [-0.15, -0.1) is 0 Å².